The summed E-state index contributed by atoms with van der Waals surface area (Å²) in [6.45, 7) is 0.372. The van der Waals surface area contributed by atoms with Crippen LogP contribution >= 0.6 is 0 Å². The van der Waals surface area contributed by atoms with Gasteiger partial charge in [0, 0.05) is 7.11 Å². The molecule has 1 heterocycles. The third-order valence-electron chi connectivity index (χ3n) is 2.02. The van der Waals surface area contributed by atoms with E-state index in [9.17, 15) is 21.6 Å². The summed E-state index contributed by atoms with van der Waals surface area (Å²) in [7, 11) is -2.89. The van der Waals surface area contributed by atoms with E-state index in [2.05, 4.69) is 4.18 Å². The fourth-order valence-corrected chi connectivity index (χ4v) is 1.63. The monoisotopic (exact) mass is 289 g/mol. The van der Waals surface area contributed by atoms with Gasteiger partial charge in [0.2, 0.25) is 0 Å². The van der Waals surface area contributed by atoms with Gasteiger partial charge >= 0.3 is 21.6 Å². The van der Waals surface area contributed by atoms with E-state index < -0.39 is 21.6 Å². The Hall–Kier alpha value is -1.29. The maximum absolute atomic E-state index is 12.2. The lowest BCUT2D eigenvalue weighted by Gasteiger charge is -2.07. The number of aryl methyl sites for hydroxylation is 1. The zero-order chi connectivity index (χ0) is 14.0. The highest BCUT2D eigenvalue weighted by molar-refractivity contribution is 7.87. The van der Waals surface area contributed by atoms with Crippen molar-refractivity contribution in [3.05, 3.63) is 12.4 Å². The lowest BCUT2D eigenvalue weighted by atomic mass is 10.6. The molecule has 0 fully saturated rings. The molecule has 0 spiro atoms. The largest absolute Gasteiger partial charge is 0.534 e. The molecule has 10 heteroatoms. The van der Waals surface area contributed by atoms with Crippen molar-refractivity contribution in [1.29, 1.82) is 0 Å². The van der Waals surface area contributed by atoms with Crippen molar-refractivity contribution < 1.29 is 35.1 Å². The second-order valence-corrected chi connectivity index (χ2v) is 4.90. The Balaban J connectivity index is 3.01. The first-order chi connectivity index (χ1) is 8.19. The molecule has 0 saturated carbocycles. The number of hydrogen-bond acceptors (Lipinski definition) is 4. The summed E-state index contributed by atoms with van der Waals surface area (Å²) in [5, 5.41) is 0. The molecule has 0 aromatic carbocycles. The van der Waals surface area contributed by atoms with Gasteiger partial charge < -0.3 is 8.92 Å². The van der Waals surface area contributed by atoms with Crippen LogP contribution in [0.3, 0.4) is 0 Å². The molecule has 1 aromatic heterocycles. The van der Waals surface area contributed by atoms with E-state index in [0.29, 0.717) is 0 Å². The summed E-state index contributed by atoms with van der Waals surface area (Å²) >= 11 is 0. The first-order valence-electron chi connectivity index (χ1n) is 4.73. The fourth-order valence-electron chi connectivity index (χ4n) is 1.12. The lowest BCUT2D eigenvalue weighted by molar-refractivity contribution is -0.674. The Morgan fingerprint density at radius 3 is 2.56 bits per heavy atom. The van der Waals surface area contributed by atoms with E-state index in [-0.39, 0.29) is 13.2 Å². The molecular weight excluding hydrogens is 277 g/mol. The standard InChI is InChI=1S/C8H12F3N2O4S/c1-12-3-4-13(5-6-16-2)7(12)17-18(14,15)8(9,10)11/h3-4H,5-6H2,1-2H3/q+1. The molecule has 0 unspecified atom stereocenters. The van der Waals surface area contributed by atoms with Crippen molar-refractivity contribution in [2.24, 2.45) is 7.05 Å². The van der Waals surface area contributed by atoms with Gasteiger partial charge in [-0.15, -0.1) is 0 Å². The van der Waals surface area contributed by atoms with Crippen LogP contribution in [0.5, 0.6) is 6.01 Å². The van der Waals surface area contributed by atoms with Crippen LogP contribution < -0.4 is 8.75 Å². The molecule has 104 valence electrons. The number of ether oxygens (including phenoxy) is 1. The normalized spacial score (nSPS) is 12.7. The molecule has 0 aliphatic heterocycles. The SMILES string of the molecule is COCCn1cc[n+](C)c1OS(=O)(=O)C(F)(F)F. The molecule has 0 saturated heterocycles. The summed E-state index contributed by atoms with van der Waals surface area (Å²) in [6, 6.07) is -0.440. The molecular formula is C8H12F3N2O4S+. The maximum atomic E-state index is 12.2. The predicted molar refractivity (Wildman–Crippen MR) is 53.1 cm³/mol. The highest BCUT2D eigenvalue weighted by atomic mass is 32.2. The summed E-state index contributed by atoms with van der Waals surface area (Å²) < 4.78 is 69.5. The Morgan fingerprint density at radius 2 is 2.06 bits per heavy atom. The lowest BCUT2D eigenvalue weighted by Crippen LogP contribution is -2.36. The van der Waals surface area contributed by atoms with Gasteiger partial charge in [0.25, 0.3) is 0 Å². The highest BCUT2D eigenvalue weighted by Crippen LogP contribution is 2.25. The zero-order valence-corrected chi connectivity index (χ0v) is 10.5. The molecule has 0 aliphatic rings. The van der Waals surface area contributed by atoms with Crippen LogP contribution in [-0.2, 0) is 28.4 Å². The highest BCUT2D eigenvalue weighted by Gasteiger charge is 2.50. The first-order valence-corrected chi connectivity index (χ1v) is 6.14. The quantitative estimate of drug-likeness (QED) is 0.441. The Bertz CT molecular complexity index is 509. The van der Waals surface area contributed by atoms with E-state index in [1.807, 2.05) is 0 Å². The van der Waals surface area contributed by atoms with Gasteiger partial charge in [0.15, 0.2) is 0 Å². The third kappa shape index (κ3) is 3.13. The van der Waals surface area contributed by atoms with Crippen molar-refractivity contribution in [2.45, 2.75) is 12.1 Å². The first kappa shape index (κ1) is 14.8. The zero-order valence-electron chi connectivity index (χ0n) is 9.64. The Kier molecular flexibility index (Phi) is 4.22. The maximum Gasteiger partial charge on any atom is 0.534 e. The Labute approximate surface area is 102 Å². The summed E-state index contributed by atoms with van der Waals surface area (Å²) in [5.41, 5.74) is -5.46. The van der Waals surface area contributed by atoms with E-state index in [1.54, 1.807) is 0 Å². The number of imidazole rings is 1. The van der Waals surface area contributed by atoms with Crippen LogP contribution in [0, 0.1) is 0 Å². The van der Waals surface area contributed by atoms with Crippen LogP contribution in [0.25, 0.3) is 0 Å². The van der Waals surface area contributed by atoms with E-state index in [4.69, 9.17) is 4.74 Å². The van der Waals surface area contributed by atoms with Crippen molar-refractivity contribution in [3.8, 4) is 6.01 Å². The van der Waals surface area contributed by atoms with Gasteiger partial charge in [-0.05, 0) is 0 Å². The number of rotatable bonds is 5. The Morgan fingerprint density at radius 1 is 1.44 bits per heavy atom. The molecule has 18 heavy (non-hydrogen) atoms. The summed E-state index contributed by atoms with van der Waals surface area (Å²) in [5.74, 6) is 0. The molecule has 0 atom stereocenters. The van der Waals surface area contributed by atoms with Crippen LogP contribution in [0.1, 0.15) is 0 Å². The number of hydrogen-bond donors (Lipinski definition) is 0. The van der Waals surface area contributed by atoms with Crippen LogP contribution in [0.4, 0.5) is 13.2 Å². The third-order valence-corrected chi connectivity index (χ3v) is 2.96. The van der Waals surface area contributed by atoms with Crippen LogP contribution in [0.15, 0.2) is 12.4 Å². The van der Waals surface area contributed by atoms with E-state index in [0.717, 1.165) is 4.57 Å². The second kappa shape index (κ2) is 5.14. The molecule has 0 N–H and O–H groups in total. The van der Waals surface area contributed by atoms with Crippen molar-refractivity contribution >= 4 is 10.1 Å². The minimum atomic E-state index is -5.67. The number of halogens is 3. The second-order valence-electron chi connectivity index (χ2n) is 3.36. The molecule has 1 aromatic rings. The van der Waals surface area contributed by atoms with Crippen LogP contribution in [-0.4, -0.2) is 32.2 Å². The molecule has 0 amide bonds. The van der Waals surface area contributed by atoms with Gasteiger partial charge in [-0.2, -0.15) is 30.7 Å². The van der Waals surface area contributed by atoms with Crippen molar-refractivity contribution in [3.63, 3.8) is 0 Å². The predicted octanol–water partition coefficient (Wildman–Crippen LogP) is 0.187. The van der Waals surface area contributed by atoms with E-state index >= 15 is 0 Å². The van der Waals surface area contributed by atoms with Gasteiger partial charge in [0.05, 0.1) is 13.7 Å². The smallest absolute Gasteiger partial charge is 0.381 e. The van der Waals surface area contributed by atoms with Gasteiger partial charge in [-0.1, -0.05) is 0 Å². The van der Waals surface area contributed by atoms with Crippen molar-refractivity contribution in [2.75, 3.05) is 13.7 Å². The average molecular weight is 289 g/mol. The molecule has 6 nitrogen and oxygen atoms in total. The minimum Gasteiger partial charge on any atom is -0.381 e. The average Bonchev–Trinajstić information content (AvgIpc) is 2.56. The summed E-state index contributed by atoms with van der Waals surface area (Å²) in [6.07, 6.45) is 2.76. The molecule has 1 rings (SSSR count). The van der Waals surface area contributed by atoms with Gasteiger partial charge in [-0.25, -0.2) is 0 Å². The van der Waals surface area contributed by atoms with Crippen molar-refractivity contribution in [1.82, 2.24) is 4.57 Å². The number of aromatic nitrogens is 2. The van der Waals surface area contributed by atoms with Crippen LogP contribution in [0.2, 0.25) is 0 Å². The topological polar surface area (TPSA) is 61.4 Å². The number of methoxy groups -OCH3 is 1. The van der Waals surface area contributed by atoms with Gasteiger partial charge in [0.1, 0.15) is 18.9 Å². The van der Waals surface area contributed by atoms with Gasteiger partial charge in [-0.3, -0.25) is 0 Å². The number of alkyl halides is 3. The summed E-state index contributed by atoms with van der Waals surface area (Å²) in [4.78, 5) is 0. The fraction of sp³-hybridized carbons (Fsp3) is 0.625. The molecule has 0 bridgehead atoms. The molecule has 0 radical (unpaired) electrons. The molecule has 0 aliphatic carbocycles. The number of nitrogens with zero attached hydrogens (tertiary/aromatic N) is 2. The van der Waals surface area contributed by atoms with E-state index in [1.165, 1.54) is 31.1 Å². The minimum absolute atomic E-state index is 0.167.